The van der Waals surface area contributed by atoms with E-state index in [9.17, 15) is 18.0 Å². The molecule has 0 radical (unpaired) electrons. The fraction of sp³-hybridized carbons (Fsp3) is 0.455. The van der Waals surface area contributed by atoms with Crippen LogP contribution in [-0.4, -0.2) is 34.6 Å². The summed E-state index contributed by atoms with van der Waals surface area (Å²) in [5.41, 5.74) is 5.56. The average Bonchev–Trinajstić information content (AvgIpc) is 2.80. The number of carbonyl (C=O) groups is 1. The molecular formula is C11H11BrF3N3O. The van der Waals surface area contributed by atoms with Crippen LogP contribution in [0.1, 0.15) is 23.2 Å². The van der Waals surface area contributed by atoms with E-state index in [1.54, 1.807) is 0 Å². The zero-order valence-electron chi connectivity index (χ0n) is 9.75. The van der Waals surface area contributed by atoms with Crippen molar-refractivity contribution in [1.82, 2.24) is 9.88 Å². The predicted octanol–water partition coefficient (Wildman–Crippen LogP) is 2.59. The van der Waals surface area contributed by atoms with Crippen LogP contribution >= 0.6 is 15.9 Å². The van der Waals surface area contributed by atoms with Crippen molar-refractivity contribution in [3.8, 4) is 0 Å². The number of halogens is 4. The normalized spacial score (nSPS) is 19.8. The van der Waals surface area contributed by atoms with E-state index in [1.165, 1.54) is 12.3 Å². The first kappa shape index (κ1) is 14.1. The van der Waals surface area contributed by atoms with Crippen LogP contribution in [0.15, 0.2) is 16.7 Å². The molecule has 1 amide bonds. The molecule has 0 saturated carbocycles. The highest BCUT2D eigenvalue weighted by Crippen LogP contribution is 2.34. The minimum absolute atomic E-state index is 0.0621. The zero-order chi connectivity index (χ0) is 14.2. The maximum Gasteiger partial charge on any atom is 0.408 e. The van der Waals surface area contributed by atoms with Crippen molar-refractivity contribution in [2.24, 2.45) is 0 Å². The molecule has 8 heteroatoms. The van der Waals surface area contributed by atoms with E-state index < -0.39 is 18.1 Å². The van der Waals surface area contributed by atoms with Crippen molar-refractivity contribution >= 4 is 27.7 Å². The Labute approximate surface area is 115 Å². The molecule has 1 aliphatic heterocycles. The number of hydrogen-bond donors (Lipinski definition) is 1. The lowest BCUT2D eigenvalue weighted by molar-refractivity contribution is -0.169. The Bertz CT molecular complexity index is 506. The molecule has 1 aliphatic rings. The number of hydrogen-bond acceptors (Lipinski definition) is 3. The lowest BCUT2D eigenvalue weighted by atomic mass is 10.2. The molecule has 0 bridgehead atoms. The molecule has 2 rings (SSSR count). The van der Waals surface area contributed by atoms with Gasteiger partial charge in [0.05, 0.1) is 5.56 Å². The quantitative estimate of drug-likeness (QED) is 0.856. The molecule has 1 aromatic heterocycles. The molecule has 1 aromatic rings. The van der Waals surface area contributed by atoms with Crippen molar-refractivity contribution in [3.63, 3.8) is 0 Å². The van der Waals surface area contributed by atoms with Gasteiger partial charge in [0.15, 0.2) is 0 Å². The summed E-state index contributed by atoms with van der Waals surface area (Å²) >= 11 is 3.10. The van der Waals surface area contributed by atoms with Gasteiger partial charge in [-0.3, -0.25) is 4.79 Å². The maximum atomic E-state index is 12.8. The van der Waals surface area contributed by atoms with Gasteiger partial charge >= 0.3 is 6.18 Å². The minimum Gasteiger partial charge on any atom is -0.384 e. The fourth-order valence-corrected chi connectivity index (χ4v) is 2.51. The van der Waals surface area contributed by atoms with Gasteiger partial charge in [0.25, 0.3) is 5.91 Å². The lowest BCUT2D eigenvalue weighted by Crippen LogP contribution is -2.44. The van der Waals surface area contributed by atoms with Gasteiger partial charge in [-0.25, -0.2) is 4.98 Å². The number of nitrogens with zero attached hydrogens (tertiary/aromatic N) is 2. The third kappa shape index (κ3) is 2.83. The number of likely N-dealkylation sites (tertiary alicyclic amines) is 1. The maximum absolute atomic E-state index is 12.8. The molecule has 1 fully saturated rings. The van der Waals surface area contributed by atoms with Crippen LogP contribution in [0, 0.1) is 0 Å². The van der Waals surface area contributed by atoms with E-state index >= 15 is 0 Å². The summed E-state index contributed by atoms with van der Waals surface area (Å²) in [7, 11) is 0. The number of amides is 1. The molecule has 2 heterocycles. The predicted molar refractivity (Wildman–Crippen MR) is 66.5 cm³/mol. The first-order valence-electron chi connectivity index (χ1n) is 5.59. The van der Waals surface area contributed by atoms with Crippen molar-refractivity contribution < 1.29 is 18.0 Å². The fourth-order valence-electron chi connectivity index (χ4n) is 2.12. The Morgan fingerprint density at radius 2 is 2.21 bits per heavy atom. The largest absolute Gasteiger partial charge is 0.408 e. The van der Waals surface area contributed by atoms with Gasteiger partial charge in [-0.2, -0.15) is 13.2 Å². The lowest BCUT2D eigenvalue weighted by Gasteiger charge is -2.26. The molecule has 0 spiro atoms. The van der Waals surface area contributed by atoms with E-state index in [0.717, 1.165) is 4.90 Å². The Morgan fingerprint density at radius 1 is 1.53 bits per heavy atom. The highest BCUT2D eigenvalue weighted by molar-refractivity contribution is 9.10. The molecule has 104 valence electrons. The van der Waals surface area contributed by atoms with Crippen molar-refractivity contribution in [3.05, 3.63) is 22.3 Å². The van der Waals surface area contributed by atoms with Gasteiger partial charge in [0.1, 0.15) is 11.9 Å². The smallest absolute Gasteiger partial charge is 0.384 e. The Hall–Kier alpha value is -1.31. The number of nitrogens with two attached hydrogens (primary N) is 1. The second-order valence-electron chi connectivity index (χ2n) is 4.29. The molecule has 1 atom stereocenters. The van der Waals surface area contributed by atoms with Gasteiger partial charge in [-0.15, -0.1) is 0 Å². The number of aromatic nitrogens is 1. The second kappa shape index (κ2) is 4.99. The molecule has 1 saturated heterocycles. The molecule has 19 heavy (non-hydrogen) atoms. The summed E-state index contributed by atoms with van der Waals surface area (Å²) in [5, 5.41) is 0. The Balaban J connectivity index is 2.31. The van der Waals surface area contributed by atoms with Crippen LogP contribution in [0.25, 0.3) is 0 Å². The second-order valence-corrected chi connectivity index (χ2v) is 5.14. The number of pyridine rings is 1. The topological polar surface area (TPSA) is 59.2 Å². The van der Waals surface area contributed by atoms with Gasteiger partial charge in [-0.1, -0.05) is 0 Å². The number of anilines is 1. The molecular weight excluding hydrogens is 327 g/mol. The standard InChI is InChI=1S/C11H11BrF3N3O/c12-7-5-17-9(16)4-6(7)10(19)18-3-1-2-8(18)11(13,14)15/h4-5,8H,1-3H2,(H2,16,17)/t8-/m0/s1. The highest BCUT2D eigenvalue weighted by Gasteiger charge is 2.48. The monoisotopic (exact) mass is 337 g/mol. The van der Waals surface area contributed by atoms with E-state index in [-0.39, 0.29) is 24.3 Å². The van der Waals surface area contributed by atoms with Gasteiger partial charge in [0.2, 0.25) is 0 Å². The minimum atomic E-state index is -4.41. The van der Waals surface area contributed by atoms with E-state index in [0.29, 0.717) is 10.9 Å². The van der Waals surface area contributed by atoms with Crippen LogP contribution < -0.4 is 5.73 Å². The summed E-state index contributed by atoms with van der Waals surface area (Å²) in [4.78, 5) is 16.8. The average molecular weight is 338 g/mol. The van der Waals surface area contributed by atoms with Crippen LogP contribution in [0.5, 0.6) is 0 Å². The number of rotatable bonds is 1. The van der Waals surface area contributed by atoms with Crippen molar-refractivity contribution in [2.45, 2.75) is 25.1 Å². The van der Waals surface area contributed by atoms with Gasteiger partial charge in [0, 0.05) is 17.2 Å². The third-order valence-electron chi connectivity index (χ3n) is 3.00. The molecule has 0 aromatic carbocycles. The zero-order valence-corrected chi connectivity index (χ0v) is 11.3. The highest BCUT2D eigenvalue weighted by atomic mass is 79.9. The Kier molecular flexibility index (Phi) is 3.71. The summed E-state index contributed by atoms with van der Waals surface area (Å²) < 4.78 is 38.8. The summed E-state index contributed by atoms with van der Waals surface area (Å²) in [6, 6.07) is -0.445. The molecule has 0 aliphatic carbocycles. The summed E-state index contributed by atoms with van der Waals surface area (Å²) in [6.07, 6.45) is -2.82. The summed E-state index contributed by atoms with van der Waals surface area (Å²) in [5.74, 6) is -0.588. The van der Waals surface area contributed by atoms with E-state index in [1.807, 2.05) is 0 Å². The first-order chi connectivity index (χ1) is 8.80. The van der Waals surface area contributed by atoms with E-state index in [4.69, 9.17) is 5.73 Å². The Morgan fingerprint density at radius 3 is 2.84 bits per heavy atom. The van der Waals surface area contributed by atoms with E-state index in [2.05, 4.69) is 20.9 Å². The molecule has 0 unspecified atom stereocenters. The van der Waals surface area contributed by atoms with Crippen LogP contribution in [0.2, 0.25) is 0 Å². The van der Waals surface area contributed by atoms with Crippen molar-refractivity contribution in [1.29, 1.82) is 0 Å². The van der Waals surface area contributed by atoms with Crippen molar-refractivity contribution in [2.75, 3.05) is 12.3 Å². The number of alkyl halides is 3. The molecule has 2 N–H and O–H groups in total. The van der Waals surface area contributed by atoms with Crippen LogP contribution in [0.4, 0.5) is 19.0 Å². The molecule has 4 nitrogen and oxygen atoms in total. The van der Waals surface area contributed by atoms with Crippen LogP contribution in [-0.2, 0) is 0 Å². The first-order valence-corrected chi connectivity index (χ1v) is 6.38. The third-order valence-corrected chi connectivity index (χ3v) is 3.63. The van der Waals surface area contributed by atoms with Crippen LogP contribution in [0.3, 0.4) is 0 Å². The van der Waals surface area contributed by atoms with Gasteiger partial charge in [-0.05, 0) is 34.8 Å². The number of nitrogen functional groups attached to an aromatic ring is 1. The van der Waals surface area contributed by atoms with Gasteiger partial charge < -0.3 is 10.6 Å². The number of carbonyl (C=O) groups excluding carboxylic acids is 1. The SMILES string of the molecule is Nc1cc(C(=O)N2CCC[C@H]2C(F)(F)F)c(Br)cn1. The summed E-state index contributed by atoms with van der Waals surface area (Å²) in [6.45, 7) is 0.0949.